The van der Waals surface area contributed by atoms with E-state index in [2.05, 4.69) is 29.4 Å². The number of hydrogen-bond donors (Lipinski definition) is 2. The summed E-state index contributed by atoms with van der Waals surface area (Å²) in [6.07, 6.45) is 2.50. The van der Waals surface area contributed by atoms with Gasteiger partial charge in [-0.25, -0.2) is 0 Å². The zero-order chi connectivity index (χ0) is 23.5. The molecule has 0 bridgehead atoms. The maximum Gasteiger partial charge on any atom is 0.261 e. The molecule has 3 heterocycles. The van der Waals surface area contributed by atoms with Crippen molar-refractivity contribution in [3.63, 3.8) is 0 Å². The Labute approximate surface area is 203 Å². The summed E-state index contributed by atoms with van der Waals surface area (Å²) < 4.78 is 0.565. The number of rotatable bonds is 6. The van der Waals surface area contributed by atoms with E-state index < -0.39 is 0 Å². The number of benzene rings is 1. The van der Waals surface area contributed by atoms with Crippen LogP contribution in [0.1, 0.15) is 53.1 Å². The van der Waals surface area contributed by atoms with E-state index in [1.54, 1.807) is 29.2 Å². The lowest BCUT2D eigenvalue weighted by molar-refractivity contribution is -0.119. The van der Waals surface area contributed by atoms with E-state index in [1.165, 1.54) is 11.3 Å². The summed E-state index contributed by atoms with van der Waals surface area (Å²) in [5, 5.41) is 6.17. The lowest BCUT2D eigenvalue weighted by Crippen LogP contribution is -2.50. The highest BCUT2D eigenvalue weighted by molar-refractivity contribution is 7.18. The Hall–Kier alpha value is -2.42. The third-order valence-electron chi connectivity index (χ3n) is 6.27. The fourth-order valence-corrected chi connectivity index (χ4v) is 5.29. The van der Waals surface area contributed by atoms with Gasteiger partial charge in [-0.2, -0.15) is 0 Å². The fourth-order valence-electron chi connectivity index (χ4n) is 4.35. The van der Waals surface area contributed by atoms with Crippen molar-refractivity contribution in [2.75, 3.05) is 24.5 Å². The van der Waals surface area contributed by atoms with Crippen LogP contribution in [0.4, 0.5) is 5.69 Å². The second-order valence-electron chi connectivity index (χ2n) is 8.86. The van der Waals surface area contributed by atoms with Crippen LogP contribution in [-0.4, -0.2) is 60.4 Å². The fraction of sp³-hybridized carbons (Fsp3) is 0.458. The van der Waals surface area contributed by atoms with Crippen molar-refractivity contribution in [1.82, 2.24) is 15.5 Å². The van der Waals surface area contributed by atoms with Gasteiger partial charge in [-0.15, -0.1) is 11.3 Å². The average molecular weight is 489 g/mol. The molecule has 0 radical (unpaired) electrons. The number of carbonyl (C=O) groups excluding carboxylic acids is 3. The van der Waals surface area contributed by atoms with Crippen molar-refractivity contribution in [2.24, 2.45) is 0 Å². The van der Waals surface area contributed by atoms with Crippen molar-refractivity contribution >= 4 is 46.3 Å². The molecule has 2 aliphatic heterocycles. The highest BCUT2D eigenvalue weighted by Gasteiger charge is 2.36. The summed E-state index contributed by atoms with van der Waals surface area (Å²) in [7, 11) is 0. The summed E-state index contributed by atoms with van der Waals surface area (Å²) in [6.45, 7) is 6.23. The average Bonchev–Trinajstić information content (AvgIpc) is 3.41. The van der Waals surface area contributed by atoms with Crippen molar-refractivity contribution in [1.29, 1.82) is 0 Å². The molecule has 9 heteroatoms. The molecular formula is C24H29ClN4O3S. The monoisotopic (exact) mass is 488 g/mol. The number of anilines is 1. The van der Waals surface area contributed by atoms with Crippen LogP contribution in [0.2, 0.25) is 4.34 Å². The first-order chi connectivity index (χ1) is 15.8. The van der Waals surface area contributed by atoms with Crippen LogP contribution in [0.5, 0.6) is 0 Å². The lowest BCUT2D eigenvalue weighted by Gasteiger charge is -2.27. The molecule has 0 aliphatic carbocycles. The smallest absolute Gasteiger partial charge is 0.261 e. The van der Waals surface area contributed by atoms with Gasteiger partial charge in [0.2, 0.25) is 5.91 Å². The van der Waals surface area contributed by atoms with Gasteiger partial charge in [0.25, 0.3) is 11.8 Å². The Bertz CT molecular complexity index is 1020. The van der Waals surface area contributed by atoms with E-state index in [9.17, 15) is 14.4 Å². The molecule has 2 aromatic rings. The molecule has 2 aliphatic rings. The van der Waals surface area contributed by atoms with Gasteiger partial charge < -0.3 is 15.5 Å². The zero-order valence-electron chi connectivity index (χ0n) is 18.8. The second-order valence-corrected chi connectivity index (χ2v) is 10.6. The van der Waals surface area contributed by atoms with Crippen molar-refractivity contribution in [3.8, 4) is 0 Å². The van der Waals surface area contributed by atoms with Crippen LogP contribution >= 0.6 is 22.9 Å². The number of likely N-dealkylation sites (tertiary alicyclic amines) is 1. The van der Waals surface area contributed by atoms with Crippen molar-refractivity contribution in [2.45, 2.75) is 51.2 Å². The van der Waals surface area contributed by atoms with Crippen LogP contribution in [0.25, 0.3) is 0 Å². The highest BCUT2D eigenvalue weighted by atomic mass is 35.5. The minimum Gasteiger partial charge on any atom is -0.346 e. The zero-order valence-corrected chi connectivity index (χ0v) is 20.4. The van der Waals surface area contributed by atoms with E-state index in [1.807, 2.05) is 12.1 Å². The van der Waals surface area contributed by atoms with Gasteiger partial charge in [0, 0.05) is 43.3 Å². The number of piperidine rings is 1. The van der Waals surface area contributed by atoms with Crippen LogP contribution < -0.4 is 15.5 Å². The quantitative estimate of drug-likeness (QED) is 0.651. The topological polar surface area (TPSA) is 81.8 Å². The molecule has 7 nitrogen and oxygen atoms in total. The standard InChI is InChI=1S/C24H29ClN4O3S/c1-15(2)28-13-18(19(14-28)27-24(32)20-10-11-21(25)33-20)26-23(31)16-6-8-17(9-7-16)29-12-4-3-5-22(29)30/h6-11,15,18-19H,3-5,12-14H2,1-2H3,(H,26,31)(H,27,32)/t18-,19-/m1/s1. The Kier molecular flexibility index (Phi) is 7.36. The van der Waals surface area contributed by atoms with Crippen LogP contribution in [0.15, 0.2) is 36.4 Å². The summed E-state index contributed by atoms with van der Waals surface area (Å²) in [5.41, 5.74) is 1.35. The largest absolute Gasteiger partial charge is 0.346 e. The van der Waals surface area contributed by atoms with Crippen molar-refractivity contribution < 1.29 is 14.4 Å². The summed E-state index contributed by atoms with van der Waals surface area (Å²) in [6, 6.07) is 10.4. The molecule has 2 N–H and O–H groups in total. The maximum absolute atomic E-state index is 13.0. The number of halogens is 1. The number of nitrogens with one attached hydrogen (secondary N) is 2. The van der Waals surface area contributed by atoms with Gasteiger partial charge in [0.05, 0.1) is 21.3 Å². The lowest BCUT2D eigenvalue weighted by atomic mass is 10.1. The highest BCUT2D eigenvalue weighted by Crippen LogP contribution is 2.23. The first kappa shape index (κ1) is 23.7. The first-order valence-corrected chi connectivity index (χ1v) is 12.5. The van der Waals surface area contributed by atoms with E-state index in [4.69, 9.17) is 11.6 Å². The SMILES string of the molecule is CC(C)N1C[C@@H](NC(=O)c2ccc(N3CCCCC3=O)cc2)[C@H](NC(=O)c2ccc(Cl)s2)C1. The third kappa shape index (κ3) is 5.57. The molecule has 2 fully saturated rings. The van der Waals surface area contributed by atoms with Gasteiger partial charge in [0.1, 0.15) is 0 Å². The molecule has 4 rings (SSSR count). The molecule has 2 atom stereocenters. The summed E-state index contributed by atoms with van der Waals surface area (Å²) in [5.74, 6) is -0.248. The van der Waals surface area contributed by atoms with Gasteiger partial charge >= 0.3 is 0 Å². The number of hydrogen-bond acceptors (Lipinski definition) is 5. The molecule has 0 saturated carbocycles. The predicted octanol–water partition coefficient (Wildman–Crippen LogP) is 3.54. The predicted molar refractivity (Wildman–Crippen MR) is 131 cm³/mol. The number of amides is 3. The Morgan fingerprint density at radius 2 is 1.67 bits per heavy atom. The van der Waals surface area contributed by atoms with E-state index in [0.717, 1.165) is 18.5 Å². The molecule has 0 spiro atoms. The van der Waals surface area contributed by atoms with Crippen LogP contribution in [-0.2, 0) is 4.79 Å². The van der Waals surface area contributed by atoms with Crippen molar-refractivity contribution in [3.05, 3.63) is 51.2 Å². The Balaban J connectivity index is 1.43. The minimum atomic E-state index is -0.220. The van der Waals surface area contributed by atoms with Gasteiger partial charge in [-0.1, -0.05) is 11.6 Å². The maximum atomic E-state index is 13.0. The molecule has 176 valence electrons. The molecule has 2 saturated heterocycles. The first-order valence-electron chi connectivity index (χ1n) is 11.3. The molecular weight excluding hydrogens is 460 g/mol. The Morgan fingerprint density at radius 1 is 1.00 bits per heavy atom. The van der Waals surface area contributed by atoms with Gasteiger partial charge in [-0.3, -0.25) is 19.3 Å². The number of nitrogens with zero attached hydrogens (tertiary/aromatic N) is 2. The van der Waals surface area contributed by atoms with E-state index in [-0.39, 0.29) is 29.8 Å². The van der Waals surface area contributed by atoms with Crippen LogP contribution in [0.3, 0.4) is 0 Å². The van der Waals surface area contributed by atoms with Gasteiger partial charge in [-0.05, 0) is 63.1 Å². The molecule has 0 unspecified atom stereocenters. The molecule has 1 aromatic heterocycles. The van der Waals surface area contributed by atoms with E-state index >= 15 is 0 Å². The summed E-state index contributed by atoms with van der Waals surface area (Å²) >= 11 is 7.21. The van der Waals surface area contributed by atoms with Crippen LogP contribution in [0, 0.1) is 0 Å². The number of carbonyl (C=O) groups is 3. The second kappa shape index (κ2) is 10.2. The summed E-state index contributed by atoms with van der Waals surface area (Å²) in [4.78, 5) is 42.4. The Morgan fingerprint density at radius 3 is 2.24 bits per heavy atom. The molecule has 1 aromatic carbocycles. The third-order valence-corrected chi connectivity index (χ3v) is 7.50. The van der Waals surface area contributed by atoms with Gasteiger partial charge in [0.15, 0.2) is 0 Å². The molecule has 3 amide bonds. The number of thiophene rings is 1. The molecule has 33 heavy (non-hydrogen) atoms. The minimum absolute atomic E-state index is 0.129. The van der Waals surface area contributed by atoms with E-state index in [0.29, 0.717) is 46.9 Å². The normalized spacial score (nSPS) is 21.5.